The summed E-state index contributed by atoms with van der Waals surface area (Å²) in [5.41, 5.74) is 3.96. The van der Waals surface area contributed by atoms with E-state index in [-0.39, 0.29) is 21.1 Å². The van der Waals surface area contributed by atoms with E-state index in [1.54, 1.807) is 0 Å². The molecule has 4 rings (SSSR count). The Morgan fingerprint density at radius 3 is 2.15 bits per heavy atom. The van der Waals surface area contributed by atoms with Crippen LogP contribution in [0.4, 0.5) is 0 Å². The normalized spacial score (nSPS) is 9.00. The Balaban J connectivity index is 0.000000251. The van der Waals surface area contributed by atoms with Crippen LogP contribution in [-0.4, -0.2) is 4.98 Å². The Morgan fingerprint density at radius 2 is 1.52 bits per heavy atom. The molecule has 4 heteroatoms. The first-order valence-electron chi connectivity index (χ1n) is 8.03. The van der Waals surface area contributed by atoms with Gasteiger partial charge in [-0.15, -0.1) is 35.0 Å². The van der Waals surface area contributed by atoms with E-state index in [9.17, 15) is 0 Å². The van der Waals surface area contributed by atoms with Crippen LogP contribution in [0.15, 0.2) is 66.9 Å². The standard InChI is InChI=1S/C13H8N.C9H9N.CN.Pt/c1-2-6-12-10(4-1)7-8-11-5-3-9-14-13(11)12;1-7-4-3-5-8(2)9(7)6-10;1-2;/h1-5,7-9H;3-5H,1-2H3;;/q-1;;-1;+2. The topological polar surface area (TPSA) is 60.5 Å². The minimum absolute atomic E-state index is 0. The molecule has 0 N–H and O–H groups in total. The summed E-state index contributed by atoms with van der Waals surface area (Å²) in [6.45, 7) is 8.65. The molecule has 0 spiro atoms. The molecule has 4 aromatic rings. The van der Waals surface area contributed by atoms with Gasteiger partial charge in [0.2, 0.25) is 0 Å². The van der Waals surface area contributed by atoms with E-state index in [0.29, 0.717) is 0 Å². The van der Waals surface area contributed by atoms with Gasteiger partial charge in [0.25, 0.3) is 0 Å². The fourth-order valence-electron chi connectivity index (χ4n) is 2.73. The van der Waals surface area contributed by atoms with Gasteiger partial charge in [-0.25, -0.2) is 0 Å². The second kappa shape index (κ2) is 10.9. The average molecular weight is 530 g/mol. The summed E-state index contributed by atoms with van der Waals surface area (Å²) in [5.74, 6) is 0. The molecule has 0 aliphatic rings. The van der Waals surface area contributed by atoms with Crippen molar-refractivity contribution >= 4 is 21.7 Å². The second-order valence-corrected chi connectivity index (χ2v) is 5.65. The summed E-state index contributed by atoms with van der Waals surface area (Å²) >= 11 is 0. The predicted molar refractivity (Wildman–Crippen MR) is 104 cm³/mol. The van der Waals surface area contributed by atoms with Gasteiger partial charge in [-0.3, -0.25) is 0 Å². The van der Waals surface area contributed by atoms with E-state index in [1.807, 2.05) is 56.4 Å². The van der Waals surface area contributed by atoms with Crippen molar-refractivity contribution in [2.24, 2.45) is 0 Å². The zero-order valence-electron chi connectivity index (χ0n) is 15.0. The molecule has 1 heterocycles. The Hall–Kier alpha value is -3.00. The van der Waals surface area contributed by atoms with Crippen LogP contribution in [0.2, 0.25) is 0 Å². The molecule has 0 atom stereocenters. The van der Waals surface area contributed by atoms with Crippen molar-refractivity contribution in [2.75, 3.05) is 0 Å². The Labute approximate surface area is 174 Å². The zero-order chi connectivity index (χ0) is 18.9. The van der Waals surface area contributed by atoms with Crippen molar-refractivity contribution in [2.45, 2.75) is 13.8 Å². The van der Waals surface area contributed by atoms with Crippen LogP contribution in [0.25, 0.3) is 21.7 Å². The number of nitrogens with zero attached hydrogens (tertiary/aromatic N) is 3. The number of nitriles is 1. The molecule has 0 unspecified atom stereocenters. The van der Waals surface area contributed by atoms with Crippen LogP contribution < -0.4 is 0 Å². The zero-order valence-corrected chi connectivity index (χ0v) is 17.3. The molecule has 0 saturated heterocycles. The number of fused-ring (bicyclic) bond motifs is 3. The maximum atomic E-state index is 8.65. The van der Waals surface area contributed by atoms with Crippen molar-refractivity contribution in [3.63, 3.8) is 0 Å². The van der Waals surface area contributed by atoms with Crippen molar-refractivity contribution in [1.82, 2.24) is 4.98 Å². The van der Waals surface area contributed by atoms with Gasteiger partial charge in [0, 0.05) is 6.20 Å². The van der Waals surface area contributed by atoms with E-state index in [0.717, 1.165) is 27.6 Å². The van der Waals surface area contributed by atoms with Crippen LogP contribution in [0.3, 0.4) is 0 Å². The maximum Gasteiger partial charge on any atom is 2.00 e. The molecule has 0 amide bonds. The van der Waals surface area contributed by atoms with Crippen molar-refractivity contribution in [3.05, 3.63) is 96.2 Å². The largest absolute Gasteiger partial charge is 2.00 e. The van der Waals surface area contributed by atoms with Crippen LogP contribution in [0.1, 0.15) is 16.7 Å². The Morgan fingerprint density at radius 1 is 0.889 bits per heavy atom. The molecule has 3 aromatic carbocycles. The van der Waals surface area contributed by atoms with Gasteiger partial charge >= 0.3 is 21.1 Å². The van der Waals surface area contributed by atoms with Crippen LogP contribution in [-0.2, 0) is 21.1 Å². The average Bonchev–Trinajstić information content (AvgIpc) is 2.70. The predicted octanol–water partition coefficient (Wildman–Crippen LogP) is 5.46. The first kappa shape index (κ1) is 22.0. The van der Waals surface area contributed by atoms with Gasteiger partial charge in [0.05, 0.1) is 11.6 Å². The van der Waals surface area contributed by atoms with Gasteiger partial charge in [-0.1, -0.05) is 36.4 Å². The number of rotatable bonds is 0. The number of aromatic nitrogens is 1. The third kappa shape index (κ3) is 5.24. The number of hydrogen-bond donors (Lipinski definition) is 0. The smallest absolute Gasteiger partial charge is 0.512 e. The molecule has 3 nitrogen and oxygen atoms in total. The molecule has 134 valence electrons. The van der Waals surface area contributed by atoms with E-state index < -0.39 is 0 Å². The van der Waals surface area contributed by atoms with Gasteiger partial charge in [0.15, 0.2) is 0 Å². The number of pyridine rings is 1. The first-order chi connectivity index (χ1) is 12.7. The van der Waals surface area contributed by atoms with E-state index in [1.165, 1.54) is 10.8 Å². The molecular formula is C23H17N3Pt. The molecule has 1 aromatic heterocycles. The van der Waals surface area contributed by atoms with Crippen molar-refractivity contribution in [1.29, 1.82) is 10.5 Å². The SMILES string of the molecule is Cc1cccc(C)c1C#N.[C-]#N.[Pt+2].[c-]1cccc2ccc3cccnc3c12. The Kier molecular flexibility index (Phi) is 8.87. The molecule has 0 saturated carbocycles. The monoisotopic (exact) mass is 530 g/mol. The molecule has 0 radical (unpaired) electrons. The van der Waals surface area contributed by atoms with E-state index in [2.05, 4.69) is 41.4 Å². The van der Waals surface area contributed by atoms with Gasteiger partial charge in [-0.2, -0.15) is 5.26 Å². The maximum absolute atomic E-state index is 8.65. The molecule has 0 aliphatic carbocycles. The van der Waals surface area contributed by atoms with E-state index >= 15 is 0 Å². The van der Waals surface area contributed by atoms with Gasteiger partial charge in [-0.05, 0) is 41.9 Å². The fourth-order valence-corrected chi connectivity index (χ4v) is 2.73. The molecular weight excluding hydrogens is 513 g/mol. The molecule has 0 aliphatic heterocycles. The summed E-state index contributed by atoms with van der Waals surface area (Å²) < 4.78 is 0. The van der Waals surface area contributed by atoms with Crippen molar-refractivity contribution in [3.8, 4) is 6.07 Å². The summed E-state index contributed by atoms with van der Waals surface area (Å²) in [6.07, 6.45) is 1.82. The third-order valence-corrected chi connectivity index (χ3v) is 4.00. The quantitative estimate of drug-likeness (QED) is 0.224. The fraction of sp³-hybridized carbons (Fsp3) is 0.0870. The summed E-state index contributed by atoms with van der Waals surface area (Å²) in [6, 6.07) is 25.5. The van der Waals surface area contributed by atoms with Gasteiger partial charge in [0.1, 0.15) is 0 Å². The summed E-state index contributed by atoms with van der Waals surface area (Å²) in [7, 11) is 0. The molecule has 27 heavy (non-hydrogen) atoms. The van der Waals surface area contributed by atoms with Crippen LogP contribution in [0, 0.1) is 43.1 Å². The summed E-state index contributed by atoms with van der Waals surface area (Å²) in [4.78, 5) is 4.38. The number of benzene rings is 3. The third-order valence-electron chi connectivity index (χ3n) is 4.00. The minimum atomic E-state index is 0. The first-order valence-corrected chi connectivity index (χ1v) is 8.03. The van der Waals surface area contributed by atoms with Crippen molar-refractivity contribution < 1.29 is 21.1 Å². The van der Waals surface area contributed by atoms with E-state index in [4.69, 9.17) is 17.1 Å². The molecule has 0 bridgehead atoms. The van der Waals surface area contributed by atoms with Crippen LogP contribution >= 0.6 is 0 Å². The minimum Gasteiger partial charge on any atom is -0.512 e. The second-order valence-electron chi connectivity index (χ2n) is 5.65. The number of hydrogen-bond acceptors (Lipinski definition) is 3. The number of aryl methyl sites for hydroxylation is 2. The Bertz CT molecular complexity index is 1020. The summed E-state index contributed by atoms with van der Waals surface area (Å²) in [5, 5.41) is 18.4. The van der Waals surface area contributed by atoms with Gasteiger partial charge < -0.3 is 16.8 Å². The molecule has 0 fully saturated rings. The van der Waals surface area contributed by atoms with Crippen LogP contribution in [0.5, 0.6) is 0 Å².